The van der Waals surface area contributed by atoms with Gasteiger partial charge in [-0.2, -0.15) is 0 Å². The lowest BCUT2D eigenvalue weighted by atomic mass is 9.93. The number of hydrogen-bond acceptors (Lipinski definition) is 4. The Balaban J connectivity index is 1.37. The summed E-state index contributed by atoms with van der Waals surface area (Å²) in [5.74, 6) is -0.168. The van der Waals surface area contributed by atoms with E-state index in [1.807, 2.05) is 54.6 Å². The van der Waals surface area contributed by atoms with Crippen molar-refractivity contribution in [3.8, 4) is 5.75 Å². The predicted molar refractivity (Wildman–Crippen MR) is 150 cm³/mol. The Morgan fingerprint density at radius 1 is 0.895 bits per heavy atom. The van der Waals surface area contributed by atoms with Gasteiger partial charge in [-0.3, -0.25) is 9.69 Å². The van der Waals surface area contributed by atoms with Gasteiger partial charge in [-0.1, -0.05) is 91.0 Å². The van der Waals surface area contributed by atoms with Gasteiger partial charge in [0.15, 0.2) is 0 Å². The standard InChI is InChI=1S/C33H34N2O3/c1-33(19-27-14-8-9-15-28(27)20-33)35(21-24-10-4-2-5-11-24)22-30(36)26-16-17-31(29(18-26)32(34)37)38-23-25-12-6-3-7-13-25/h2-18,30,36H,19-23H2,1H3,(H2,34,37)/t30-/m0/s1. The first-order valence-corrected chi connectivity index (χ1v) is 13.1. The zero-order valence-electron chi connectivity index (χ0n) is 21.7. The van der Waals surface area contributed by atoms with Crippen LogP contribution in [0.15, 0.2) is 103 Å². The minimum absolute atomic E-state index is 0.147. The first-order chi connectivity index (χ1) is 18.4. The average molecular weight is 507 g/mol. The highest BCUT2D eigenvalue weighted by Crippen LogP contribution is 2.37. The van der Waals surface area contributed by atoms with Gasteiger partial charge in [0.1, 0.15) is 12.4 Å². The van der Waals surface area contributed by atoms with Crippen molar-refractivity contribution in [2.24, 2.45) is 5.73 Å². The number of fused-ring (bicyclic) bond motifs is 1. The molecule has 1 amide bonds. The summed E-state index contributed by atoms with van der Waals surface area (Å²) in [5.41, 5.74) is 11.4. The minimum atomic E-state index is -0.805. The predicted octanol–water partition coefficient (Wildman–Crippen LogP) is 5.46. The monoisotopic (exact) mass is 506 g/mol. The number of amides is 1. The van der Waals surface area contributed by atoms with Crippen LogP contribution in [0.2, 0.25) is 0 Å². The summed E-state index contributed by atoms with van der Waals surface area (Å²) in [5, 5.41) is 11.4. The highest BCUT2D eigenvalue weighted by Gasteiger charge is 2.39. The van der Waals surface area contributed by atoms with E-state index in [9.17, 15) is 9.90 Å². The second kappa shape index (κ2) is 11.2. The van der Waals surface area contributed by atoms with E-state index >= 15 is 0 Å². The van der Waals surface area contributed by atoms with Crippen LogP contribution in [0.25, 0.3) is 0 Å². The van der Waals surface area contributed by atoms with Crippen LogP contribution in [0, 0.1) is 0 Å². The fraction of sp³-hybridized carbons (Fsp3) is 0.242. The molecule has 1 atom stereocenters. The summed E-state index contributed by atoms with van der Waals surface area (Å²) >= 11 is 0. The van der Waals surface area contributed by atoms with E-state index in [1.165, 1.54) is 16.7 Å². The number of hydrogen-bond donors (Lipinski definition) is 2. The van der Waals surface area contributed by atoms with Gasteiger partial charge < -0.3 is 15.6 Å². The van der Waals surface area contributed by atoms with Crippen LogP contribution in [0.1, 0.15) is 51.2 Å². The van der Waals surface area contributed by atoms with Crippen molar-refractivity contribution in [2.75, 3.05) is 6.54 Å². The number of nitrogens with zero attached hydrogens (tertiary/aromatic N) is 1. The van der Waals surface area contributed by atoms with Crippen molar-refractivity contribution in [3.05, 3.63) is 137 Å². The molecular weight excluding hydrogens is 472 g/mol. The molecule has 5 heteroatoms. The van der Waals surface area contributed by atoms with Crippen molar-refractivity contribution < 1.29 is 14.6 Å². The summed E-state index contributed by atoms with van der Waals surface area (Å²) in [6, 6.07) is 33.9. The number of primary amides is 1. The highest BCUT2D eigenvalue weighted by atomic mass is 16.5. The van der Waals surface area contributed by atoms with E-state index in [0.29, 0.717) is 31.0 Å². The summed E-state index contributed by atoms with van der Waals surface area (Å²) in [6.45, 7) is 3.73. The Labute approximate surface area is 224 Å². The number of aliphatic hydroxyl groups is 1. The Hall–Kier alpha value is -3.93. The number of ether oxygens (including phenoxy) is 1. The topological polar surface area (TPSA) is 75.8 Å². The molecule has 0 unspecified atom stereocenters. The van der Waals surface area contributed by atoms with Gasteiger partial charge in [-0.15, -0.1) is 0 Å². The molecule has 5 rings (SSSR count). The number of carbonyl (C=O) groups is 1. The third kappa shape index (κ3) is 5.80. The molecule has 0 spiro atoms. The summed E-state index contributed by atoms with van der Waals surface area (Å²) in [6.07, 6.45) is 1.03. The summed E-state index contributed by atoms with van der Waals surface area (Å²) in [7, 11) is 0. The number of benzene rings is 4. The minimum Gasteiger partial charge on any atom is -0.488 e. The first kappa shape index (κ1) is 25.7. The molecule has 4 aromatic rings. The molecule has 0 aromatic heterocycles. The van der Waals surface area contributed by atoms with Gasteiger partial charge in [0.25, 0.3) is 5.91 Å². The van der Waals surface area contributed by atoms with Gasteiger partial charge >= 0.3 is 0 Å². The molecule has 5 nitrogen and oxygen atoms in total. The molecule has 1 aliphatic rings. The van der Waals surface area contributed by atoms with Gasteiger partial charge in [0.2, 0.25) is 0 Å². The summed E-state index contributed by atoms with van der Waals surface area (Å²) < 4.78 is 5.92. The van der Waals surface area contributed by atoms with E-state index in [1.54, 1.807) is 12.1 Å². The van der Waals surface area contributed by atoms with Crippen LogP contribution < -0.4 is 10.5 Å². The van der Waals surface area contributed by atoms with Crippen molar-refractivity contribution in [3.63, 3.8) is 0 Å². The lowest BCUT2D eigenvalue weighted by Crippen LogP contribution is -2.48. The molecule has 4 aromatic carbocycles. The van der Waals surface area contributed by atoms with Crippen molar-refractivity contribution in [2.45, 2.75) is 44.6 Å². The Kier molecular flexibility index (Phi) is 7.59. The van der Waals surface area contributed by atoms with E-state index < -0.39 is 12.0 Å². The average Bonchev–Trinajstić information content (AvgIpc) is 3.30. The van der Waals surface area contributed by atoms with Crippen LogP contribution in [0.3, 0.4) is 0 Å². The number of carbonyl (C=O) groups excluding carboxylic acids is 1. The second-order valence-electron chi connectivity index (χ2n) is 10.4. The zero-order valence-corrected chi connectivity index (χ0v) is 21.7. The van der Waals surface area contributed by atoms with E-state index in [-0.39, 0.29) is 11.1 Å². The molecule has 3 N–H and O–H groups in total. The van der Waals surface area contributed by atoms with Crippen LogP contribution in [0.5, 0.6) is 5.75 Å². The van der Waals surface area contributed by atoms with Crippen LogP contribution in [-0.2, 0) is 26.0 Å². The van der Waals surface area contributed by atoms with E-state index in [0.717, 1.165) is 18.4 Å². The van der Waals surface area contributed by atoms with E-state index in [4.69, 9.17) is 10.5 Å². The lowest BCUT2D eigenvalue weighted by molar-refractivity contribution is 0.0391. The number of aliphatic hydroxyl groups excluding tert-OH is 1. The van der Waals surface area contributed by atoms with E-state index in [2.05, 4.69) is 48.2 Å². The van der Waals surface area contributed by atoms with Gasteiger partial charge in [0.05, 0.1) is 11.7 Å². The summed E-state index contributed by atoms with van der Waals surface area (Å²) in [4.78, 5) is 14.7. The first-order valence-electron chi connectivity index (χ1n) is 13.1. The van der Waals surface area contributed by atoms with Crippen LogP contribution in [0.4, 0.5) is 0 Å². The SMILES string of the molecule is CC1(N(Cc2ccccc2)C[C@H](O)c2ccc(OCc3ccccc3)c(C(N)=O)c2)Cc2ccccc2C1. The molecule has 0 bridgehead atoms. The Morgan fingerprint density at radius 2 is 1.47 bits per heavy atom. The maximum absolute atomic E-state index is 12.3. The van der Waals surface area contributed by atoms with Crippen LogP contribution >= 0.6 is 0 Å². The van der Waals surface area contributed by atoms with Crippen molar-refractivity contribution in [1.29, 1.82) is 0 Å². The fourth-order valence-electron chi connectivity index (χ4n) is 5.41. The molecule has 0 fully saturated rings. The van der Waals surface area contributed by atoms with Gasteiger partial charge in [-0.25, -0.2) is 0 Å². The fourth-order valence-corrected chi connectivity index (χ4v) is 5.41. The highest BCUT2D eigenvalue weighted by molar-refractivity contribution is 5.95. The maximum Gasteiger partial charge on any atom is 0.252 e. The molecule has 1 aliphatic carbocycles. The molecule has 0 saturated carbocycles. The van der Waals surface area contributed by atoms with Gasteiger partial charge in [-0.05, 0) is 59.7 Å². The number of rotatable bonds is 10. The quantitative estimate of drug-likeness (QED) is 0.300. The van der Waals surface area contributed by atoms with Crippen molar-refractivity contribution in [1.82, 2.24) is 4.90 Å². The number of β-amino-alcohol motifs (C(OH)–C–C–N with tert-alkyl or cyclic N) is 1. The smallest absolute Gasteiger partial charge is 0.252 e. The van der Waals surface area contributed by atoms with Crippen molar-refractivity contribution >= 4 is 5.91 Å². The Bertz CT molecular complexity index is 1360. The third-order valence-corrected chi connectivity index (χ3v) is 7.52. The lowest BCUT2D eigenvalue weighted by Gasteiger charge is -2.40. The molecule has 194 valence electrons. The molecular formula is C33H34N2O3. The number of nitrogens with two attached hydrogens (primary N) is 1. The van der Waals surface area contributed by atoms with Crippen LogP contribution in [-0.4, -0.2) is 28.0 Å². The maximum atomic E-state index is 12.3. The Morgan fingerprint density at radius 3 is 2.08 bits per heavy atom. The van der Waals surface area contributed by atoms with Gasteiger partial charge in [0, 0.05) is 18.6 Å². The largest absolute Gasteiger partial charge is 0.488 e. The second-order valence-corrected chi connectivity index (χ2v) is 10.4. The molecule has 0 aliphatic heterocycles. The zero-order chi connectivity index (χ0) is 26.5. The third-order valence-electron chi connectivity index (χ3n) is 7.52. The normalized spacial score (nSPS) is 14.7. The molecule has 0 heterocycles. The molecule has 38 heavy (non-hydrogen) atoms. The molecule has 0 saturated heterocycles. The molecule has 0 radical (unpaired) electrons.